The topological polar surface area (TPSA) is 26.0 Å². The van der Waals surface area contributed by atoms with E-state index in [1.807, 2.05) is 13.0 Å². The van der Waals surface area contributed by atoms with E-state index in [0.717, 1.165) is 5.56 Å². The van der Waals surface area contributed by atoms with Crippen LogP contribution in [-0.4, -0.2) is 0 Å². The van der Waals surface area contributed by atoms with Crippen molar-refractivity contribution in [3.05, 3.63) is 35.1 Å². The van der Waals surface area contributed by atoms with Crippen LogP contribution in [0.1, 0.15) is 24.1 Å². The largest absolute Gasteiger partial charge is 0.324 e. The van der Waals surface area contributed by atoms with E-state index in [1.54, 1.807) is 13.0 Å². The standard InChI is InChI=1S/C9H12FN/c1-6-3-4-8(7(2)11)9(10)5-6/h3-5,7H,11H2,1-2H3/t7-/m0/s1. The van der Waals surface area contributed by atoms with Gasteiger partial charge < -0.3 is 5.73 Å². The Morgan fingerprint density at radius 1 is 1.45 bits per heavy atom. The Labute approximate surface area is 66.0 Å². The van der Waals surface area contributed by atoms with Crippen LogP contribution in [0.25, 0.3) is 0 Å². The Bertz CT molecular complexity index is 256. The first-order chi connectivity index (χ1) is 5.11. The van der Waals surface area contributed by atoms with Gasteiger partial charge in [0.05, 0.1) is 0 Å². The summed E-state index contributed by atoms with van der Waals surface area (Å²) < 4.78 is 13.0. The Morgan fingerprint density at radius 3 is 2.55 bits per heavy atom. The van der Waals surface area contributed by atoms with E-state index < -0.39 is 0 Å². The molecule has 0 aromatic heterocycles. The van der Waals surface area contributed by atoms with Crippen molar-refractivity contribution in [1.82, 2.24) is 0 Å². The van der Waals surface area contributed by atoms with E-state index in [-0.39, 0.29) is 11.9 Å². The molecule has 0 spiro atoms. The molecule has 0 radical (unpaired) electrons. The van der Waals surface area contributed by atoms with E-state index >= 15 is 0 Å². The molecular formula is C9H12FN. The maximum absolute atomic E-state index is 13.0. The molecule has 0 saturated carbocycles. The van der Waals surface area contributed by atoms with Crippen molar-refractivity contribution < 1.29 is 4.39 Å². The minimum absolute atomic E-state index is 0.208. The van der Waals surface area contributed by atoms with Gasteiger partial charge in [0.2, 0.25) is 0 Å². The van der Waals surface area contributed by atoms with Crippen LogP contribution < -0.4 is 5.73 Å². The second-order valence-electron chi connectivity index (χ2n) is 2.81. The summed E-state index contributed by atoms with van der Waals surface area (Å²) in [5.41, 5.74) is 7.03. The number of rotatable bonds is 1. The average Bonchev–Trinajstić information content (AvgIpc) is 1.85. The Kier molecular flexibility index (Phi) is 2.25. The summed E-state index contributed by atoms with van der Waals surface area (Å²) in [4.78, 5) is 0. The van der Waals surface area contributed by atoms with Crippen LogP contribution in [0.2, 0.25) is 0 Å². The minimum Gasteiger partial charge on any atom is -0.324 e. The first kappa shape index (κ1) is 8.21. The number of aryl methyl sites for hydroxylation is 1. The number of benzene rings is 1. The predicted octanol–water partition coefficient (Wildman–Crippen LogP) is 2.15. The minimum atomic E-state index is -0.226. The molecule has 0 fully saturated rings. The van der Waals surface area contributed by atoms with Crippen molar-refractivity contribution >= 4 is 0 Å². The van der Waals surface area contributed by atoms with Crippen molar-refractivity contribution in [3.8, 4) is 0 Å². The van der Waals surface area contributed by atoms with Crippen molar-refractivity contribution in [2.24, 2.45) is 5.73 Å². The third-order valence-electron chi connectivity index (χ3n) is 1.65. The molecule has 1 nitrogen and oxygen atoms in total. The second-order valence-corrected chi connectivity index (χ2v) is 2.81. The van der Waals surface area contributed by atoms with Gasteiger partial charge in [-0.3, -0.25) is 0 Å². The molecule has 1 aromatic carbocycles. The Balaban J connectivity index is 3.09. The Morgan fingerprint density at radius 2 is 2.09 bits per heavy atom. The number of halogens is 1. The zero-order valence-electron chi connectivity index (χ0n) is 6.76. The summed E-state index contributed by atoms with van der Waals surface area (Å²) in [5, 5.41) is 0. The maximum atomic E-state index is 13.0. The monoisotopic (exact) mass is 153 g/mol. The number of hydrogen-bond acceptors (Lipinski definition) is 1. The molecule has 1 aromatic rings. The summed E-state index contributed by atoms with van der Waals surface area (Å²) in [6.07, 6.45) is 0. The molecule has 2 N–H and O–H groups in total. The molecule has 0 aliphatic rings. The fourth-order valence-corrected chi connectivity index (χ4v) is 1.00. The van der Waals surface area contributed by atoms with Crippen LogP contribution in [0.5, 0.6) is 0 Å². The van der Waals surface area contributed by atoms with E-state index in [0.29, 0.717) is 5.56 Å². The van der Waals surface area contributed by atoms with Crippen molar-refractivity contribution in [1.29, 1.82) is 0 Å². The summed E-state index contributed by atoms with van der Waals surface area (Å²) >= 11 is 0. The molecule has 0 bridgehead atoms. The SMILES string of the molecule is Cc1ccc([C@H](C)N)c(F)c1. The smallest absolute Gasteiger partial charge is 0.128 e. The number of hydrogen-bond donors (Lipinski definition) is 1. The molecule has 1 rings (SSSR count). The van der Waals surface area contributed by atoms with Crippen LogP contribution >= 0.6 is 0 Å². The predicted molar refractivity (Wildman–Crippen MR) is 43.7 cm³/mol. The molecule has 0 amide bonds. The quantitative estimate of drug-likeness (QED) is 0.657. The molecule has 0 heterocycles. The molecule has 11 heavy (non-hydrogen) atoms. The zero-order valence-corrected chi connectivity index (χ0v) is 6.76. The van der Waals surface area contributed by atoms with E-state index in [4.69, 9.17) is 5.73 Å². The highest BCUT2D eigenvalue weighted by molar-refractivity contribution is 5.25. The summed E-state index contributed by atoms with van der Waals surface area (Å²) in [7, 11) is 0. The summed E-state index contributed by atoms with van der Waals surface area (Å²) in [6, 6.07) is 4.87. The maximum Gasteiger partial charge on any atom is 0.128 e. The fourth-order valence-electron chi connectivity index (χ4n) is 1.00. The van der Waals surface area contributed by atoms with E-state index in [2.05, 4.69) is 0 Å². The molecule has 0 saturated heterocycles. The van der Waals surface area contributed by atoms with Gasteiger partial charge >= 0.3 is 0 Å². The van der Waals surface area contributed by atoms with Crippen LogP contribution in [0.3, 0.4) is 0 Å². The molecule has 60 valence electrons. The first-order valence-electron chi connectivity index (χ1n) is 3.63. The second kappa shape index (κ2) is 3.01. The molecule has 1 atom stereocenters. The lowest BCUT2D eigenvalue weighted by molar-refractivity contribution is 0.592. The van der Waals surface area contributed by atoms with Crippen LogP contribution in [0, 0.1) is 12.7 Å². The molecule has 0 aliphatic carbocycles. The molecule has 0 aliphatic heterocycles. The highest BCUT2D eigenvalue weighted by atomic mass is 19.1. The van der Waals surface area contributed by atoms with Gasteiger partial charge in [0.15, 0.2) is 0 Å². The van der Waals surface area contributed by atoms with Crippen molar-refractivity contribution in [2.75, 3.05) is 0 Å². The number of nitrogens with two attached hydrogens (primary N) is 1. The van der Waals surface area contributed by atoms with E-state index in [9.17, 15) is 4.39 Å². The molecule has 2 heteroatoms. The van der Waals surface area contributed by atoms with Crippen LogP contribution in [-0.2, 0) is 0 Å². The third-order valence-corrected chi connectivity index (χ3v) is 1.65. The van der Waals surface area contributed by atoms with Gasteiger partial charge in [-0.2, -0.15) is 0 Å². The van der Waals surface area contributed by atoms with Gasteiger partial charge in [-0.1, -0.05) is 12.1 Å². The van der Waals surface area contributed by atoms with E-state index in [1.165, 1.54) is 6.07 Å². The van der Waals surface area contributed by atoms with Crippen molar-refractivity contribution in [2.45, 2.75) is 19.9 Å². The van der Waals surface area contributed by atoms with Gasteiger partial charge in [-0.15, -0.1) is 0 Å². The lowest BCUT2D eigenvalue weighted by Gasteiger charge is -2.06. The highest BCUT2D eigenvalue weighted by Gasteiger charge is 2.05. The molecule has 0 unspecified atom stereocenters. The fraction of sp³-hybridized carbons (Fsp3) is 0.333. The van der Waals surface area contributed by atoms with Gasteiger partial charge in [0, 0.05) is 11.6 Å². The highest BCUT2D eigenvalue weighted by Crippen LogP contribution is 2.15. The first-order valence-corrected chi connectivity index (χ1v) is 3.63. The van der Waals surface area contributed by atoms with Crippen molar-refractivity contribution in [3.63, 3.8) is 0 Å². The van der Waals surface area contributed by atoms with Gasteiger partial charge in [-0.25, -0.2) is 4.39 Å². The van der Waals surface area contributed by atoms with Gasteiger partial charge in [0.1, 0.15) is 5.82 Å². The summed E-state index contributed by atoms with van der Waals surface area (Å²) in [5.74, 6) is -0.208. The molecular weight excluding hydrogens is 141 g/mol. The zero-order chi connectivity index (χ0) is 8.43. The normalized spacial score (nSPS) is 13.1. The average molecular weight is 153 g/mol. The summed E-state index contributed by atoms with van der Waals surface area (Å²) in [6.45, 7) is 3.63. The van der Waals surface area contributed by atoms with Gasteiger partial charge in [-0.05, 0) is 25.5 Å². The third kappa shape index (κ3) is 1.77. The van der Waals surface area contributed by atoms with Gasteiger partial charge in [0.25, 0.3) is 0 Å². The van der Waals surface area contributed by atoms with Crippen LogP contribution in [0.15, 0.2) is 18.2 Å². The van der Waals surface area contributed by atoms with Crippen LogP contribution in [0.4, 0.5) is 4.39 Å². The lowest BCUT2D eigenvalue weighted by atomic mass is 10.1. The Hall–Kier alpha value is -0.890. The lowest BCUT2D eigenvalue weighted by Crippen LogP contribution is -2.07.